The van der Waals surface area contributed by atoms with E-state index in [4.69, 9.17) is 4.74 Å². The molecule has 1 fully saturated rings. The Labute approximate surface area is 166 Å². The minimum absolute atomic E-state index is 0.151. The number of amides is 1. The van der Waals surface area contributed by atoms with Gasteiger partial charge in [-0.05, 0) is 55.0 Å². The molecule has 150 valence electrons. The molecule has 1 atom stereocenters. The molecular formula is C20H25N3O4S. The molecule has 2 aromatic rings. The van der Waals surface area contributed by atoms with Gasteiger partial charge in [0.15, 0.2) is 0 Å². The fraction of sp³-hybridized carbons (Fsp3) is 0.350. The smallest absolute Gasteiger partial charge is 0.255 e. The topological polar surface area (TPSA) is 79.0 Å². The third-order valence-electron chi connectivity index (χ3n) is 4.86. The molecule has 2 aromatic carbocycles. The molecule has 3 rings (SSSR count). The van der Waals surface area contributed by atoms with Crippen molar-refractivity contribution in [2.75, 3.05) is 44.5 Å². The van der Waals surface area contributed by atoms with Crippen LogP contribution in [-0.4, -0.2) is 59.0 Å². The van der Waals surface area contributed by atoms with E-state index in [9.17, 15) is 13.2 Å². The number of carbonyl (C=O) groups is 1. The van der Waals surface area contributed by atoms with Gasteiger partial charge in [-0.2, -0.15) is 0 Å². The fourth-order valence-corrected chi connectivity index (χ4v) is 4.00. The maximum absolute atomic E-state index is 12.4. The van der Waals surface area contributed by atoms with Crippen molar-refractivity contribution in [3.05, 3.63) is 54.1 Å². The Hall–Kier alpha value is -2.42. The summed E-state index contributed by atoms with van der Waals surface area (Å²) in [5.41, 5.74) is 2.17. The van der Waals surface area contributed by atoms with Crippen molar-refractivity contribution in [1.82, 2.24) is 4.31 Å². The van der Waals surface area contributed by atoms with Crippen molar-refractivity contribution >= 4 is 27.3 Å². The largest absolute Gasteiger partial charge is 0.380 e. The molecule has 0 spiro atoms. The molecule has 8 heteroatoms. The minimum atomic E-state index is -3.51. The van der Waals surface area contributed by atoms with E-state index in [1.54, 1.807) is 7.11 Å². The van der Waals surface area contributed by atoms with E-state index in [1.165, 1.54) is 38.4 Å². The lowest BCUT2D eigenvalue weighted by atomic mass is 10.2. The van der Waals surface area contributed by atoms with Crippen LogP contribution in [0.15, 0.2) is 53.4 Å². The second-order valence-corrected chi connectivity index (χ2v) is 9.06. The summed E-state index contributed by atoms with van der Waals surface area (Å²) in [6.07, 6.45) is 1.27. The number of rotatable bonds is 6. The number of hydrogen-bond acceptors (Lipinski definition) is 5. The molecule has 28 heavy (non-hydrogen) atoms. The summed E-state index contributed by atoms with van der Waals surface area (Å²) in [4.78, 5) is 14.8. The van der Waals surface area contributed by atoms with Crippen LogP contribution in [0.25, 0.3) is 0 Å². The number of nitrogens with zero attached hydrogens (tertiary/aromatic N) is 2. The summed E-state index contributed by atoms with van der Waals surface area (Å²) in [6.45, 7) is 1.82. The zero-order valence-electron chi connectivity index (χ0n) is 16.3. The quantitative estimate of drug-likeness (QED) is 0.801. The normalized spacial score (nSPS) is 17.1. The molecule has 1 saturated heterocycles. The van der Waals surface area contributed by atoms with Gasteiger partial charge in [0.1, 0.15) is 0 Å². The summed E-state index contributed by atoms with van der Waals surface area (Å²) < 4.78 is 30.7. The van der Waals surface area contributed by atoms with Crippen LogP contribution in [0.1, 0.15) is 16.8 Å². The van der Waals surface area contributed by atoms with Crippen molar-refractivity contribution in [2.24, 2.45) is 0 Å². The van der Waals surface area contributed by atoms with Crippen LogP contribution in [0.3, 0.4) is 0 Å². The Balaban J connectivity index is 1.65. The standard InChI is InChI=1S/C20H25N3O4S/c1-22(2)28(25,26)19-10-4-15(5-11-19)20(24)21-16-6-8-17(9-7-16)23-13-12-18(14-23)27-3/h4-11,18H,12-14H2,1-3H3,(H,21,24). The Morgan fingerprint density at radius 2 is 1.75 bits per heavy atom. The van der Waals surface area contributed by atoms with Crippen molar-refractivity contribution in [3.63, 3.8) is 0 Å². The highest BCUT2D eigenvalue weighted by Crippen LogP contribution is 2.23. The van der Waals surface area contributed by atoms with Crippen LogP contribution < -0.4 is 10.2 Å². The minimum Gasteiger partial charge on any atom is -0.380 e. The summed E-state index contributed by atoms with van der Waals surface area (Å²) in [5, 5.41) is 2.83. The van der Waals surface area contributed by atoms with Gasteiger partial charge in [0.25, 0.3) is 5.91 Å². The van der Waals surface area contributed by atoms with Gasteiger partial charge < -0.3 is 15.0 Å². The van der Waals surface area contributed by atoms with Gasteiger partial charge in [0, 0.05) is 51.2 Å². The number of methoxy groups -OCH3 is 1. The summed E-state index contributed by atoms with van der Waals surface area (Å²) in [6, 6.07) is 13.6. The molecule has 0 radical (unpaired) electrons. The highest BCUT2D eigenvalue weighted by molar-refractivity contribution is 7.89. The molecule has 1 aliphatic heterocycles. The lowest BCUT2D eigenvalue weighted by Gasteiger charge is -2.18. The maximum Gasteiger partial charge on any atom is 0.255 e. The third kappa shape index (κ3) is 4.35. The van der Waals surface area contributed by atoms with Crippen molar-refractivity contribution in [3.8, 4) is 0 Å². The highest BCUT2D eigenvalue weighted by atomic mass is 32.2. The number of hydrogen-bond donors (Lipinski definition) is 1. The number of nitrogens with one attached hydrogen (secondary N) is 1. The average molecular weight is 404 g/mol. The molecular weight excluding hydrogens is 378 g/mol. The van der Waals surface area contributed by atoms with E-state index in [2.05, 4.69) is 10.2 Å². The Bertz CT molecular complexity index is 925. The number of benzene rings is 2. The Kier molecular flexibility index (Phi) is 6.02. The van der Waals surface area contributed by atoms with Gasteiger partial charge in [0.05, 0.1) is 11.0 Å². The van der Waals surface area contributed by atoms with Crippen molar-refractivity contribution in [2.45, 2.75) is 17.4 Å². The molecule has 1 N–H and O–H groups in total. The van der Waals surface area contributed by atoms with Crippen LogP contribution in [0.2, 0.25) is 0 Å². The highest BCUT2D eigenvalue weighted by Gasteiger charge is 2.22. The number of anilines is 2. The van der Waals surface area contributed by atoms with E-state index in [0.29, 0.717) is 11.3 Å². The van der Waals surface area contributed by atoms with Gasteiger partial charge in [-0.25, -0.2) is 12.7 Å². The first-order chi connectivity index (χ1) is 13.3. The Morgan fingerprint density at radius 3 is 2.29 bits per heavy atom. The first-order valence-electron chi connectivity index (χ1n) is 9.03. The lowest BCUT2D eigenvalue weighted by Crippen LogP contribution is -2.22. The van der Waals surface area contributed by atoms with Crippen LogP contribution in [0.4, 0.5) is 11.4 Å². The molecule has 7 nitrogen and oxygen atoms in total. The summed E-state index contributed by atoms with van der Waals surface area (Å²) >= 11 is 0. The zero-order chi connectivity index (χ0) is 20.3. The molecule has 1 heterocycles. The molecule has 1 amide bonds. The van der Waals surface area contributed by atoms with Crippen molar-refractivity contribution in [1.29, 1.82) is 0 Å². The SMILES string of the molecule is COC1CCN(c2ccc(NC(=O)c3ccc(S(=O)(=O)N(C)C)cc3)cc2)C1. The van der Waals surface area contributed by atoms with Gasteiger partial charge in [-0.1, -0.05) is 0 Å². The van der Waals surface area contributed by atoms with Crippen LogP contribution in [0.5, 0.6) is 0 Å². The fourth-order valence-electron chi connectivity index (χ4n) is 3.10. The predicted molar refractivity (Wildman–Crippen MR) is 109 cm³/mol. The van der Waals surface area contributed by atoms with Crippen LogP contribution in [-0.2, 0) is 14.8 Å². The lowest BCUT2D eigenvalue weighted by molar-refractivity contribution is 0.102. The van der Waals surface area contributed by atoms with E-state index in [1.807, 2.05) is 24.3 Å². The molecule has 0 bridgehead atoms. The van der Waals surface area contributed by atoms with Gasteiger partial charge in [-0.15, -0.1) is 0 Å². The first kappa shape index (κ1) is 20.3. The second kappa shape index (κ2) is 8.30. The van der Waals surface area contributed by atoms with E-state index in [0.717, 1.165) is 29.5 Å². The van der Waals surface area contributed by atoms with Gasteiger partial charge in [0.2, 0.25) is 10.0 Å². The predicted octanol–water partition coefficient (Wildman–Crippen LogP) is 2.41. The number of ether oxygens (including phenoxy) is 1. The maximum atomic E-state index is 12.4. The molecule has 0 aromatic heterocycles. The first-order valence-corrected chi connectivity index (χ1v) is 10.5. The molecule has 1 aliphatic rings. The second-order valence-electron chi connectivity index (χ2n) is 6.91. The number of sulfonamides is 1. The Morgan fingerprint density at radius 1 is 1.11 bits per heavy atom. The zero-order valence-corrected chi connectivity index (χ0v) is 17.1. The van der Waals surface area contributed by atoms with Crippen LogP contribution in [0, 0.1) is 0 Å². The van der Waals surface area contributed by atoms with Crippen LogP contribution >= 0.6 is 0 Å². The van der Waals surface area contributed by atoms with Gasteiger partial charge >= 0.3 is 0 Å². The van der Waals surface area contributed by atoms with Crippen molar-refractivity contribution < 1.29 is 17.9 Å². The van der Waals surface area contributed by atoms with E-state index >= 15 is 0 Å². The summed E-state index contributed by atoms with van der Waals surface area (Å²) in [7, 11) is 1.16. The average Bonchev–Trinajstić information content (AvgIpc) is 3.18. The third-order valence-corrected chi connectivity index (χ3v) is 6.69. The molecule has 1 unspecified atom stereocenters. The monoisotopic (exact) mass is 403 g/mol. The number of carbonyl (C=O) groups excluding carboxylic acids is 1. The van der Waals surface area contributed by atoms with E-state index < -0.39 is 10.0 Å². The molecule has 0 saturated carbocycles. The van der Waals surface area contributed by atoms with Gasteiger partial charge in [-0.3, -0.25) is 4.79 Å². The summed E-state index contributed by atoms with van der Waals surface area (Å²) in [5.74, 6) is -0.290. The van der Waals surface area contributed by atoms with E-state index in [-0.39, 0.29) is 16.9 Å². The molecule has 0 aliphatic carbocycles.